The van der Waals surface area contributed by atoms with Gasteiger partial charge in [-0.15, -0.1) is 16.9 Å². The molecule has 2 rings (SSSR count). The van der Waals surface area contributed by atoms with Crippen molar-refractivity contribution in [1.29, 1.82) is 0 Å². The van der Waals surface area contributed by atoms with Crippen molar-refractivity contribution >= 4 is 46.7 Å². The van der Waals surface area contributed by atoms with Gasteiger partial charge in [-0.25, -0.2) is 0 Å². The fourth-order valence-electron chi connectivity index (χ4n) is 2.17. The average molecular weight is 393 g/mol. The van der Waals surface area contributed by atoms with Crippen LogP contribution in [0.3, 0.4) is 0 Å². The number of rotatable bonds is 8. The van der Waals surface area contributed by atoms with E-state index in [1.54, 1.807) is 18.0 Å². The van der Waals surface area contributed by atoms with Crippen LogP contribution in [-0.4, -0.2) is 41.2 Å². The van der Waals surface area contributed by atoms with E-state index in [4.69, 9.17) is 0 Å². The minimum atomic E-state index is -0.455. The van der Waals surface area contributed by atoms with Crippen LogP contribution in [0, 0.1) is 5.92 Å². The third-order valence-electron chi connectivity index (χ3n) is 3.66. The van der Waals surface area contributed by atoms with Crippen molar-refractivity contribution in [2.24, 2.45) is 16.1 Å². The molecule has 26 heavy (non-hydrogen) atoms. The van der Waals surface area contributed by atoms with Crippen molar-refractivity contribution in [2.75, 3.05) is 12.8 Å². The Bertz CT molecular complexity index is 687. The molecule has 1 aliphatic heterocycles. The molecule has 1 saturated heterocycles. The number of benzene rings is 1. The van der Waals surface area contributed by atoms with Gasteiger partial charge in [0.25, 0.3) is 0 Å². The lowest BCUT2D eigenvalue weighted by Crippen LogP contribution is -2.32. The quantitative estimate of drug-likeness (QED) is 0.405. The monoisotopic (exact) mass is 392 g/mol. The van der Waals surface area contributed by atoms with Gasteiger partial charge in [-0.2, -0.15) is 5.10 Å². The number of carbonyl (C=O) groups is 2. The van der Waals surface area contributed by atoms with Crippen molar-refractivity contribution < 1.29 is 9.59 Å². The molecular weight excluding hydrogens is 368 g/mol. The van der Waals surface area contributed by atoms with Crippen molar-refractivity contribution in [3.05, 3.63) is 29.8 Å². The Labute approximate surface area is 162 Å². The average Bonchev–Trinajstić information content (AvgIpc) is 2.94. The maximum Gasteiger partial charge on any atom is 0.240 e. The Morgan fingerprint density at radius 3 is 2.77 bits per heavy atom. The lowest BCUT2D eigenvalue weighted by atomic mass is 10.1. The summed E-state index contributed by atoms with van der Waals surface area (Å²) in [6, 6.07) is 7.94. The molecule has 0 radical (unpaired) electrons. The minimum absolute atomic E-state index is 0.114. The van der Waals surface area contributed by atoms with Gasteiger partial charge in [0.05, 0.1) is 6.21 Å². The van der Waals surface area contributed by atoms with Gasteiger partial charge in [0.1, 0.15) is 5.25 Å². The molecule has 6 nitrogen and oxygen atoms in total. The molecule has 0 unspecified atom stereocenters. The number of nitrogens with zero attached hydrogens (tertiary/aromatic N) is 2. The summed E-state index contributed by atoms with van der Waals surface area (Å²) < 4.78 is 0. The predicted octanol–water partition coefficient (Wildman–Crippen LogP) is 2.88. The van der Waals surface area contributed by atoms with Crippen molar-refractivity contribution in [3.8, 4) is 0 Å². The molecule has 1 fully saturated rings. The summed E-state index contributed by atoms with van der Waals surface area (Å²) in [6.45, 7) is 4.84. The summed E-state index contributed by atoms with van der Waals surface area (Å²) in [5.74, 6) is 0.220. The van der Waals surface area contributed by atoms with Gasteiger partial charge >= 0.3 is 0 Å². The summed E-state index contributed by atoms with van der Waals surface area (Å²) in [7, 11) is 0. The minimum Gasteiger partial charge on any atom is -0.356 e. The number of hydrogen-bond acceptors (Lipinski definition) is 6. The SMILES string of the molecule is CSc1ccc(/C=N\N=C2/NC(=O)[C@H](CC(=O)NCCC(C)C)S2)cc1. The molecule has 0 aromatic heterocycles. The first-order chi connectivity index (χ1) is 12.5. The molecule has 1 aromatic rings. The van der Waals surface area contributed by atoms with E-state index in [2.05, 4.69) is 34.7 Å². The number of amidine groups is 1. The number of thioether (sulfide) groups is 2. The van der Waals surface area contributed by atoms with E-state index < -0.39 is 5.25 Å². The zero-order valence-corrected chi connectivity index (χ0v) is 16.8. The number of nitrogens with one attached hydrogen (secondary N) is 2. The molecule has 0 aliphatic carbocycles. The zero-order valence-electron chi connectivity index (χ0n) is 15.2. The Morgan fingerprint density at radius 1 is 1.38 bits per heavy atom. The maximum absolute atomic E-state index is 12.0. The highest BCUT2D eigenvalue weighted by atomic mass is 32.2. The lowest BCUT2D eigenvalue weighted by Gasteiger charge is -2.08. The van der Waals surface area contributed by atoms with Gasteiger partial charge < -0.3 is 10.6 Å². The second-order valence-corrected chi connectivity index (χ2v) is 8.33. The van der Waals surface area contributed by atoms with E-state index in [0.717, 1.165) is 12.0 Å². The molecule has 1 aliphatic rings. The molecular formula is C18H24N4O2S2. The molecule has 1 atom stereocenters. The zero-order chi connectivity index (χ0) is 18.9. The third-order valence-corrected chi connectivity index (χ3v) is 5.48. The van der Waals surface area contributed by atoms with E-state index in [1.165, 1.54) is 16.7 Å². The van der Waals surface area contributed by atoms with Crippen molar-refractivity contribution in [3.63, 3.8) is 0 Å². The highest BCUT2D eigenvalue weighted by Crippen LogP contribution is 2.22. The number of carbonyl (C=O) groups excluding carboxylic acids is 2. The molecule has 8 heteroatoms. The second kappa shape index (κ2) is 10.4. The van der Waals surface area contributed by atoms with Crippen LogP contribution < -0.4 is 10.6 Å². The van der Waals surface area contributed by atoms with E-state index in [1.807, 2.05) is 30.5 Å². The fourth-order valence-corrected chi connectivity index (χ4v) is 3.50. The van der Waals surface area contributed by atoms with Crippen molar-refractivity contribution in [2.45, 2.75) is 36.8 Å². The smallest absolute Gasteiger partial charge is 0.240 e. The van der Waals surface area contributed by atoms with Crippen LogP contribution in [0.15, 0.2) is 39.4 Å². The van der Waals surface area contributed by atoms with Crippen LogP contribution in [0.2, 0.25) is 0 Å². The maximum atomic E-state index is 12.0. The first-order valence-corrected chi connectivity index (χ1v) is 10.6. The van der Waals surface area contributed by atoms with Gasteiger partial charge in [0, 0.05) is 17.9 Å². The van der Waals surface area contributed by atoms with E-state index in [-0.39, 0.29) is 18.2 Å². The van der Waals surface area contributed by atoms with Crippen LogP contribution in [0.5, 0.6) is 0 Å². The Morgan fingerprint density at radius 2 is 2.12 bits per heavy atom. The third kappa shape index (κ3) is 6.84. The largest absolute Gasteiger partial charge is 0.356 e. The van der Waals surface area contributed by atoms with Crippen LogP contribution in [0.25, 0.3) is 0 Å². The summed E-state index contributed by atoms with van der Waals surface area (Å²) in [6.07, 6.45) is 4.73. The summed E-state index contributed by atoms with van der Waals surface area (Å²) >= 11 is 2.92. The van der Waals surface area contributed by atoms with Gasteiger partial charge in [-0.3, -0.25) is 9.59 Å². The summed E-state index contributed by atoms with van der Waals surface area (Å²) in [5.41, 5.74) is 0.933. The fraction of sp³-hybridized carbons (Fsp3) is 0.444. The molecule has 0 saturated carbocycles. The van der Waals surface area contributed by atoms with Crippen molar-refractivity contribution in [1.82, 2.24) is 10.6 Å². The molecule has 140 valence electrons. The number of amides is 2. The van der Waals surface area contributed by atoms with E-state index in [9.17, 15) is 9.59 Å². The van der Waals surface area contributed by atoms with Crippen LogP contribution in [0.4, 0.5) is 0 Å². The van der Waals surface area contributed by atoms with Crippen LogP contribution >= 0.6 is 23.5 Å². The van der Waals surface area contributed by atoms with Crippen LogP contribution in [-0.2, 0) is 9.59 Å². The van der Waals surface area contributed by atoms with Gasteiger partial charge in [0.2, 0.25) is 11.8 Å². The number of hydrogen-bond donors (Lipinski definition) is 2. The predicted molar refractivity (Wildman–Crippen MR) is 110 cm³/mol. The summed E-state index contributed by atoms with van der Waals surface area (Å²) in [5, 5.41) is 13.5. The Kier molecular flexibility index (Phi) is 8.18. The molecule has 1 aromatic carbocycles. The standard InChI is InChI=1S/C18H24N4O2S2/c1-12(2)8-9-19-16(23)10-15-17(24)21-18(26-15)22-20-11-13-4-6-14(25-3)7-5-13/h4-7,11-12,15H,8-10H2,1-3H3,(H,19,23)(H,21,22,24)/b20-11-/t15-/m0/s1. The van der Waals surface area contributed by atoms with Crippen LogP contribution in [0.1, 0.15) is 32.3 Å². The van der Waals surface area contributed by atoms with Gasteiger partial charge in [0.15, 0.2) is 5.17 Å². The topological polar surface area (TPSA) is 82.9 Å². The molecule has 1 heterocycles. The molecule has 2 amide bonds. The first kappa shape index (κ1) is 20.5. The normalized spacial score (nSPS) is 18.7. The van der Waals surface area contributed by atoms with Gasteiger partial charge in [-0.1, -0.05) is 37.7 Å². The second-order valence-electron chi connectivity index (χ2n) is 6.26. The molecule has 2 N–H and O–H groups in total. The molecule has 0 spiro atoms. The Hall–Kier alpha value is -1.80. The lowest BCUT2D eigenvalue weighted by molar-refractivity contribution is -0.125. The van der Waals surface area contributed by atoms with E-state index in [0.29, 0.717) is 17.6 Å². The van der Waals surface area contributed by atoms with Gasteiger partial charge in [-0.05, 0) is 36.3 Å². The Balaban J connectivity index is 1.82. The summed E-state index contributed by atoms with van der Waals surface area (Å²) in [4.78, 5) is 25.0. The highest BCUT2D eigenvalue weighted by molar-refractivity contribution is 8.15. The molecule has 0 bridgehead atoms. The van der Waals surface area contributed by atoms with E-state index >= 15 is 0 Å². The highest BCUT2D eigenvalue weighted by Gasteiger charge is 2.32. The first-order valence-electron chi connectivity index (χ1n) is 8.47.